The summed E-state index contributed by atoms with van der Waals surface area (Å²) in [5, 5.41) is 5.68. The van der Waals surface area contributed by atoms with E-state index in [9.17, 15) is 14.0 Å². The van der Waals surface area contributed by atoms with Gasteiger partial charge in [-0.15, -0.1) is 11.3 Å². The minimum atomic E-state index is -0.804. The zero-order valence-electron chi connectivity index (χ0n) is 18.4. The predicted molar refractivity (Wildman–Crippen MR) is 134 cm³/mol. The van der Waals surface area contributed by atoms with E-state index in [2.05, 4.69) is 26.2 Å². The smallest absolute Gasteiger partial charge is 0.338 e. The molecule has 0 aliphatic carbocycles. The summed E-state index contributed by atoms with van der Waals surface area (Å²) >= 11 is 10.2. The van der Waals surface area contributed by atoms with Crippen molar-refractivity contribution in [1.29, 1.82) is 0 Å². The van der Waals surface area contributed by atoms with E-state index >= 15 is 0 Å². The topological polar surface area (TPSA) is 87.1 Å². The molecule has 1 amide bonds. The van der Waals surface area contributed by atoms with Crippen LogP contribution in [0.5, 0.6) is 0 Å². The van der Waals surface area contributed by atoms with E-state index in [1.807, 2.05) is 12.3 Å². The van der Waals surface area contributed by atoms with Gasteiger partial charge in [0.2, 0.25) is 5.91 Å². The highest BCUT2D eigenvalue weighted by atomic mass is 79.9. The quantitative estimate of drug-likeness (QED) is 0.439. The highest BCUT2D eigenvalue weighted by Crippen LogP contribution is 2.40. The lowest BCUT2D eigenvalue weighted by Crippen LogP contribution is -2.57. The first-order chi connectivity index (χ1) is 16.3. The molecule has 8 nitrogen and oxygen atoms in total. The van der Waals surface area contributed by atoms with Crippen molar-refractivity contribution in [2.24, 2.45) is 4.99 Å². The Labute approximate surface area is 213 Å². The molecular weight excluding hydrogens is 545 g/mol. The molecule has 178 valence electrons. The third kappa shape index (κ3) is 4.62. The maximum Gasteiger partial charge on any atom is 0.338 e. The number of amidine groups is 1. The molecule has 2 aliphatic heterocycles. The first-order valence-corrected chi connectivity index (χ1v) is 12.6. The molecule has 1 saturated heterocycles. The number of benzene rings is 1. The number of carbonyl (C=O) groups excluding carboxylic acids is 2. The van der Waals surface area contributed by atoms with Crippen LogP contribution >= 0.6 is 39.5 Å². The molecule has 0 bridgehead atoms. The molecule has 2 aliphatic rings. The lowest BCUT2D eigenvalue weighted by Gasteiger charge is -2.42. The first kappa shape index (κ1) is 24.4. The van der Waals surface area contributed by atoms with Gasteiger partial charge in [-0.1, -0.05) is 22.0 Å². The van der Waals surface area contributed by atoms with Gasteiger partial charge in [-0.05, 0) is 43.8 Å². The molecule has 0 unspecified atom stereocenters. The van der Waals surface area contributed by atoms with Crippen molar-refractivity contribution in [1.82, 2.24) is 20.1 Å². The minimum Gasteiger partial charge on any atom is -0.463 e. The van der Waals surface area contributed by atoms with Gasteiger partial charge in [0.15, 0.2) is 16.0 Å². The molecule has 0 radical (unpaired) electrons. The number of esters is 1. The second-order valence-electron chi connectivity index (χ2n) is 7.34. The van der Waals surface area contributed by atoms with Crippen molar-refractivity contribution in [3.8, 4) is 0 Å². The summed E-state index contributed by atoms with van der Waals surface area (Å²) in [4.78, 5) is 38.7. The van der Waals surface area contributed by atoms with E-state index in [-0.39, 0.29) is 36.3 Å². The van der Waals surface area contributed by atoms with E-state index < -0.39 is 17.8 Å². The average Bonchev–Trinajstić information content (AvgIpc) is 3.33. The van der Waals surface area contributed by atoms with Crippen LogP contribution in [-0.2, 0) is 14.3 Å². The lowest BCUT2D eigenvalue weighted by molar-refractivity contribution is -0.139. The number of thiazole rings is 1. The average molecular weight is 566 g/mol. The van der Waals surface area contributed by atoms with E-state index in [1.165, 1.54) is 28.4 Å². The molecule has 3 heterocycles. The number of nitrogens with zero attached hydrogens (tertiary/aromatic N) is 4. The number of aliphatic imine (C=N–C) groups is 1. The SMILES string of the molecule is CCNC(=S)N1CC2=C(C(=O)OCC)[C@H](c3ccc(F)cc3Br)N=C(c3nccs3)N2CC1=O. The van der Waals surface area contributed by atoms with Crippen molar-refractivity contribution < 1.29 is 18.7 Å². The third-order valence-corrected chi connectivity index (χ3v) is 7.09. The summed E-state index contributed by atoms with van der Waals surface area (Å²) in [7, 11) is 0. The van der Waals surface area contributed by atoms with Gasteiger partial charge in [0.25, 0.3) is 0 Å². The van der Waals surface area contributed by atoms with Gasteiger partial charge in [-0.3, -0.25) is 14.7 Å². The summed E-state index contributed by atoms with van der Waals surface area (Å²) in [6.45, 7) is 4.29. The third-order valence-electron chi connectivity index (χ3n) is 5.27. The maximum absolute atomic E-state index is 13.9. The van der Waals surface area contributed by atoms with Crippen LogP contribution in [0.1, 0.15) is 30.5 Å². The predicted octanol–water partition coefficient (Wildman–Crippen LogP) is 3.40. The number of fused-ring (bicyclic) bond motifs is 1. The fourth-order valence-electron chi connectivity index (χ4n) is 3.81. The van der Waals surface area contributed by atoms with Crippen LogP contribution in [-0.4, -0.2) is 63.8 Å². The fourth-order valence-corrected chi connectivity index (χ4v) is 5.33. The Morgan fingerprint density at radius 3 is 2.82 bits per heavy atom. The largest absolute Gasteiger partial charge is 0.463 e. The molecule has 2 aromatic rings. The molecule has 0 saturated carbocycles. The number of carbonyl (C=O) groups is 2. The Balaban J connectivity index is 1.92. The molecule has 4 rings (SSSR count). The van der Waals surface area contributed by atoms with Gasteiger partial charge in [0.1, 0.15) is 18.4 Å². The second kappa shape index (κ2) is 10.3. The van der Waals surface area contributed by atoms with Crippen molar-refractivity contribution in [2.75, 3.05) is 26.2 Å². The number of thiocarbonyl (C=S) groups is 1. The fraction of sp³-hybridized carbons (Fsp3) is 0.318. The Kier molecular flexibility index (Phi) is 7.39. The monoisotopic (exact) mass is 565 g/mol. The standard InChI is InChI=1S/C22H21BrFN5O3S2/c1-3-25-22(33)29-10-15-17(21(31)32-4-2)18(13-6-5-12(24)9-14(13)23)27-19(20-26-7-8-34-20)28(15)11-16(29)30/h5-9,18H,3-4,10-11H2,1-2H3,(H,25,33)/t18-/m0/s1. The Morgan fingerprint density at radius 1 is 1.38 bits per heavy atom. The molecule has 1 atom stereocenters. The minimum absolute atomic E-state index is 0.0541. The number of hydrogen-bond acceptors (Lipinski definition) is 8. The number of aromatic nitrogens is 1. The number of ether oxygens (including phenoxy) is 1. The second-order valence-corrected chi connectivity index (χ2v) is 9.48. The highest BCUT2D eigenvalue weighted by Gasteiger charge is 2.43. The summed E-state index contributed by atoms with van der Waals surface area (Å²) in [5.41, 5.74) is 1.40. The molecule has 1 fully saturated rings. The molecule has 1 aromatic carbocycles. The molecule has 12 heteroatoms. The van der Waals surface area contributed by atoms with Gasteiger partial charge in [-0.25, -0.2) is 14.2 Å². The summed E-state index contributed by atoms with van der Waals surface area (Å²) in [5.74, 6) is -0.757. The molecule has 1 N–H and O–H groups in total. The van der Waals surface area contributed by atoms with Crippen LogP contribution in [0, 0.1) is 5.82 Å². The van der Waals surface area contributed by atoms with Crippen LogP contribution in [0.25, 0.3) is 0 Å². The summed E-state index contributed by atoms with van der Waals surface area (Å²) < 4.78 is 19.7. The van der Waals surface area contributed by atoms with E-state index in [4.69, 9.17) is 21.9 Å². The Morgan fingerprint density at radius 2 is 2.18 bits per heavy atom. The lowest BCUT2D eigenvalue weighted by atomic mass is 9.93. The summed E-state index contributed by atoms with van der Waals surface area (Å²) in [6.07, 6.45) is 1.65. The number of piperazine rings is 1. The van der Waals surface area contributed by atoms with Crippen LogP contribution < -0.4 is 5.32 Å². The van der Waals surface area contributed by atoms with E-state index in [0.717, 1.165) is 0 Å². The Hall–Kier alpha value is -2.70. The molecule has 34 heavy (non-hydrogen) atoms. The van der Waals surface area contributed by atoms with Crippen LogP contribution in [0.3, 0.4) is 0 Å². The molecule has 0 spiro atoms. The van der Waals surface area contributed by atoms with Gasteiger partial charge >= 0.3 is 5.97 Å². The number of amides is 1. The van der Waals surface area contributed by atoms with Crippen molar-refractivity contribution >= 4 is 62.3 Å². The molecule has 1 aromatic heterocycles. The number of rotatable bonds is 5. The number of hydrogen-bond donors (Lipinski definition) is 1. The maximum atomic E-state index is 13.9. The Bertz CT molecular complexity index is 1200. The van der Waals surface area contributed by atoms with Gasteiger partial charge in [-0.2, -0.15) is 0 Å². The van der Waals surface area contributed by atoms with Crippen LogP contribution in [0.15, 0.2) is 50.5 Å². The van der Waals surface area contributed by atoms with Crippen molar-refractivity contribution in [3.05, 3.63) is 61.9 Å². The van der Waals surface area contributed by atoms with Crippen molar-refractivity contribution in [3.63, 3.8) is 0 Å². The van der Waals surface area contributed by atoms with E-state index in [1.54, 1.807) is 24.1 Å². The zero-order valence-corrected chi connectivity index (χ0v) is 21.6. The van der Waals surface area contributed by atoms with Gasteiger partial charge < -0.3 is 15.0 Å². The zero-order chi connectivity index (χ0) is 24.4. The van der Waals surface area contributed by atoms with E-state index in [0.29, 0.717) is 33.1 Å². The first-order valence-electron chi connectivity index (χ1n) is 10.5. The number of nitrogens with one attached hydrogen (secondary N) is 1. The van der Waals surface area contributed by atoms with Gasteiger partial charge in [0, 0.05) is 22.6 Å². The summed E-state index contributed by atoms with van der Waals surface area (Å²) in [6, 6.07) is 3.42. The van der Waals surface area contributed by atoms with Crippen molar-refractivity contribution in [2.45, 2.75) is 19.9 Å². The van der Waals surface area contributed by atoms with Crippen LogP contribution in [0.4, 0.5) is 4.39 Å². The van der Waals surface area contributed by atoms with Crippen LogP contribution in [0.2, 0.25) is 0 Å². The normalized spacial score (nSPS) is 17.9. The highest BCUT2D eigenvalue weighted by molar-refractivity contribution is 9.10. The molecular formula is C22H21BrFN5O3S2. The number of halogens is 2. The van der Waals surface area contributed by atoms with Gasteiger partial charge in [0.05, 0.1) is 24.4 Å².